The molecule has 0 spiro atoms. The number of esters is 1. The molecule has 3 aromatic rings. The number of nitrogens with one attached hydrogen (secondary N) is 1. The fraction of sp³-hybridized carbons (Fsp3) is 0.263. The van der Waals surface area contributed by atoms with Gasteiger partial charge in [-0.25, -0.2) is 4.98 Å². The second-order valence-electron chi connectivity index (χ2n) is 6.16. The highest BCUT2D eigenvalue weighted by atomic mass is 32.1. The van der Waals surface area contributed by atoms with Gasteiger partial charge < -0.3 is 10.1 Å². The number of amides is 1. The number of carbonyl (C=O) groups excluding carboxylic acids is 2. The Morgan fingerprint density at radius 3 is 2.67 bits per heavy atom. The number of ether oxygens (including phenoxy) is 1. The Labute approximate surface area is 161 Å². The molecule has 0 aliphatic rings. The molecule has 8 heteroatoms. The first-order valence-corrected chi connectivity index (χ1v) is 9.23. The first kappa shape index (κ1) is 18.8. The van der Waals surface area contributed by atoms with Gasteiger partial charge in [-0.1, -0.05) is 29.8 Å². The van der Waals surface area contributed by atoms with Crippen molar-refractivity contribution in [3.05, 3.63) is 58.9 Å². The number of rotatable bonds is 6. The van der Waals surface area contributed by atoms with Crippen molar-refractivity contribution < 1.29 is 14.3 Å². The molecule has 7 nitrogen and oxygen atoms in total. The zero-order chi connectivity index (χ0) is 19.4. The molecule has 2 aromatic heterocycles. The van der Waals surface area contributed by atoms with Gasteiger partial charge in [0.15, 0.2) is 0 Å². The predicted octanol–water partition coefficient (Wildman–Crippen LogP) is 2.89. The molecular weight excluding hydrogens is 364 g/mol. The number of nitrogens with zero attached hydrogens (tertiary/aromatic N) is 3. The fourth-order valence-corrected chi connectivity index (χ4v) is 3.35. The van der Waals surface area contributed by atoms with Gasteiger partial charge in [0.1, 0.15) is 10.7 Å². The number of aryl methyl sites for hydroxylation is 2. The van der Waals surface area contributed by atoms with Crippen molar-refractivity contribution >= 4 is 23.2 Å². The summed E-state index contributed by atoms with van der Waals surface area (Å²) in [7, 11) is 3.15. The summed E-state index contributed by atoms with van der Waals surface area (Å²) >= 11 is 1.37. The van der Waals surface area contributed by atoms with E-state index >= 15 is 0 Å². The molecule has 0 radical (unpaired) electrons. The molecule has 0 saturated carbocycles. The summed E-state index contributed by atoms with van der Waals surface area (Å²) in [5, 5.41) is 9.42. The van der Waals surface area contributed by atoms with Crippen LogP contribution in [0.1, 0.15) is 34.1 Å². The van der Waals surface area contributed by atoms with Crippen LogP contribution in [0.2, 0.25) is 0 Å². The van der Waals surface area contributed by atoms with E-state index in [1.54, 1.807) is 16.3 Å². The average Bonchev–Trinajstić information content (AvgIpc) is 3.30. The molecule has 0 saturated heterocycles. The Hall–Kier alpha value is -3.00. The molecule has 0 bridgehead atoms. The van der Waals surface area contributed by atoms with Crippen LogP contribution in [0.25, 0.3) is 10.6 Å². The number of carbonyl (C=O) groups is 2. The molecule has 1 unspecified atom stereocenters. The third kappa shape index (κ3) is 4.59. The van der Waals surface area contributed by atoms with Crippen LogP contribution in [0.3, 0.4) is 0 Å². The number of hydrogen-bond acceptors (Lipinski definition) is 6. The lowest BCUT2D eigenvalue weighted by molar-refractivity contribution is -0.141. The zero-order valence-corrected chi connectivity index (χ0v) is 16.1. The first-order valence-electron chi connectivity index (χ1n) is 8.35. The minimum atomic E-state index is -0.492. The van der Waals surface area contributed by atoms with E-state index in [1.807, 2.05) is 44.4 Å². The lowest BCUT2D eigenvalue weighted by atomic mass is 10.0. The molecule has 2 heterocycles. The lowest BCUT2D eigenvalue weighted by Gasteiger charge is -2.18. The van der Waals surface area contributed by atoms with Gasteiger partial charge >= 0.3 is 5.97 Å². The van der Waals surface area contributed by atoms with Gasteiger partial charge in [0.2, 0.25) is 0 Å². The Morgan fingerprint density at radius 2 is 2.04 bits per heavy atom. The monoisotopic (exact) mass is 384 g/mol. The van der Waals surface area contributed by atoms with Crippen molar-refractivity contribution in [1.29, 1.82) is 0 Å². The molecule has 3 rings (SSSR count). The van der Waals surface area contributed by atoms with Crippen molar-refractivity contribution in [2.75, 3.05) is 7.11 Å². The zero-order valence-electron chi connectivity index (χ0n) is 15.3. The maximum absolute atomic E-state index is 12.7. The summed E-state index contributed by atoms with van der Waals surface area (Å²) in [5.74, 6) is -0.730. The third-order valence-electron chi connectivity index (χ3n) is 4.07. The van der Waals surface area contributed by atoms with Crippen LogP contribution in [-0.4, -0.2) is 33.8 Å². The lowest BCUT2D eigenvalue weighted by Crippen LogP contribution is -2.30. The maximum atomic E-state index is 12.7. The fourth-order valence-electron chi connectivity index (χ4n) is 2.58. The van der Waals surface area contributed by atoms with E-state index in [0.29, 0.717) is 10.7 Å². The van der Waals surface area contributed by atoms with Crippen LogP contribution in [0.15, 0.2) is 42.0 Å². The Morgan fingerprint density at radius 1 is 1.30 bits per heavy atom. The van der Waals surface area contributed by atoms with E-state index in [2.05, 4.69) is 15.4 Å². The van der Waals surface area contributed by atoms with Gasteiger partial charge in [0.05, 0.1) is 25.8 Å². The molecule has 27 heavy (non-hydrogen) atoms. The van der Waals surface area contributed by atoms with E-state index in [4.69, 9.17) is 4.74 Å². The van der Waals surface area contributed by atoms with Gasteiger partial charge in [0.25, 0.3) is 5.91 Å². The van der Waals surface area contributed by atoms with Gasteiger partial charge in [-0.3, -0.25) is 14.3 Å². The molecule has 1 atom stereocenters. The van der Waals surface area contributed by atoms with E-state index in [0.717, 1.165) is 16.7 Å². The van der Waals surface area contributed by atoms with Crippen LogP contribution >= 0.6 is 11.3 Å². The summed E-state index contributed by atoms with van der Waals surface area (Å²) in [4.78, 5) is 28.8. The molecule has 1 amide bonds. The van der Waals surface area contributed by atoms with Crippen molar-refractivity contribution in [3.8, 4) is 10.6 Å². The van der Waals surface area contributed by atoms with Crippen LogP contribution in [0.4, 0.5) is 0 Å². The van der Waals surface area contributed by atoms with Crippen LogP contribution < -0.4 is 5.32 Å². The average molecular weight is 384 g/mol. The van der Waals surface area contributed by atoms with Gasteiger partial charge in [-0.15, -0.1) is 11.3 Å². The third-order valence-corrected chi connectivity index (χ3v) is 4.96. The van der Waals surface area contributed by atoms with Gasteiger partial charge in [0, 0.05) is 24.2 Å². The van der Waals surface area contributed by atoms with Crippen LogP contribution in [0.5, 0.6) is 0 Å². The number of methoxy groups -OCH3 is 1. The highest BCUT2D eigenvalue weighted by Crippen LogP contribution is 2.24. The Balaban J connectivity index is 1.78. The second-order valence-corrected chi connectivity index (χ2v) is 7.02. The molecule has 1 N–H and O–H groups in total. The van der Waals surface area contributed by atoms with Crippen LogP contribution in [0, 0.1) is 6.92 Å². The number of hydrogen-bond donors (Lipinski definition) is 1. The SMILES string of the molecule is COC(=O)CC(NC(=O)c1csc(-c2cnn(C)c2)n1)c1ccc(C)cc1. The summed E-state index contributed by atoms with van der Waals surface area (Å²) in [6.45, 7) is 1.98. The first-order chi connectivity index (χ1) is 13.0. The van der Waals surface area contributed by atoms with Crippen LogP contribution in [-0.2, 0) is 16.6 Å². The highest BCUT2D eigenvalue weighted by molar-refractivity contribution is 7.13. The highest BCUT2D eigenvalue weighted by Gasteiger charge is 2.21. The minimum Gasteiger partial charge on any atom is -0.469 e. The summed E-state index contributed by atoms with van der Waals surface area (Å²) in [6, 6.07) is 7.18. The van der Waals surface area contributed by atoms with Gasteiger partial charge in [-0.2, -0.15) is 5.10 Å². The van der Waals surface area contributed by atoms with Gasteiger partial charge in [-0.05, 0) is 12.5 Å². The normalized spacial score (nSPS) is 11.8. The number of thiazole rings is 1. The summed E-state index contributed by atoms with van der Waals surface area (Å²) < 4.78 is 6.45. The quantitative estimate of drug-likeness (QED) is 0.661. The molecule has 0 aliphatic carbocycles. The van der Waals surface area contributed by atoms with Crippen molar-refractivity contribution in [3.63, 3.8) is 0 Å². The topological polar surface area (TPSA) is 86.1 Å². The molecular formula is C19H20N4O3S. The molecule has 1 aromatic carbocycles. The van der Waals surface area contributed by atoms with E-state index in [-0.39, 0.29) is 12.3 Å². The Kier molecular flexibility index (Phi) is 5.66. The van der Waals surface area contributed by atoms with E-state index in [9.17, 15) is 9.59 Å². The molecule has 0 fully saturated rings. The maximum Gasteiger partial charge on any atom is 0.307 e. The van der Waals surface area contributed by atoms with Crippen molar-refractivity contribution in [2.24, 2.45) is 7.05 Å². The Bertz CT molecular complexity index is 946. The van der Waals surface area contributed by atoms with E-state index in [1.165, 1.54) is 18.4 Å². The molecule has 140 valence electrons. The second kappa shape index (κ2) is 8.13. The smallest absolute Gasteiger partial charge is 0.307 e. The van der Waals surface area contributed by atoms with Crippen molar-refractivity contribution in [2.45, 2.75) is 19.4 Å². The molecule has 0 aliphatic heterocycles. The van der Waals surface area contributed by atoms with Crippen molar-refractivity contribution in [1.82, 2.24) is 20.1 Å². The predicted molar refractivity (Wildman–Crippen MR) is 102 cm³/mol. The number of benzene rings is 1. The standard InChI is InChI=1S/C19H20N4O3S/c1-12-4-6-13(7-5-12)15(8-17(24)26-3)21-18(25)16-11-27-19(22-16)14-9-20-23(2)10-14/h4-7,9-11,15H,8H2,1-3H3,(H,21,25). The number of aromatic nitrogens is 3. The summed E-state index contributed by atoms with van der Waals surface area (Å²) in [6.07, 6.45) is 3.59. The van der Waals surface area contributed by atoms with E-state index < -0.39 is 12.0 Å². The minimum absolute atomic E-state index is 0.0465. The largest absolute Gasteiger partial charge is 0.469 e. The summed E-state index contributed by atoms with van der Waals surface area (Å²) in [5.41, 5.74) is 3.09.